The topological polar surface area (TPSA) is 94.3 Å². The second kappa shape index (κ2) is 5.74. The number of nitrogens with zero attached hydrogens (tertiary/aromatic N) is 3. The minimum Gasteiger partial charge on any atom is -0.481 e. The summed E-state index contributed by atoms with van der Waals surface area (Å²) in [4.78, 5) is 26.3. The molecule has 7 heteroatoms. The predicted molar refractivity (Wildman–Crippen MR) is 73.5 cm³/mol. The number of methoxy groups -OCH3 is 1. The van der Waals surface area contributed by atoms with Gasteiger partial charge in [0.1, 0.15) is 5.69 Å². The maximum Gasteiger partial charge on any atom is 0.356 e. The van der Waals surface area contributed by atoms with Gasteiger partial charge in [0.25, 0.3) is 0 Å². The number of carboxylic acid groups (broad SMARTS) is 1. The van der Waals surface area contributed by atoms with Gasteiger partial charge in [0.15, 0.2) is 0 Å². The van der Waals surface area contributed by atoms with E-state index in [-0.39, 0.29) is 12.1 Å². The number of rotatable bonds is 4. The van der Waals surface area contributed by atoms with Crippen LogP contribution in [-0.4, -0.2) is 38.9 Å². The molecule has 0 bridgehead atoms. The van der Waals surface area contributed by atoms with Crippen molar-refractivity contribution in [3.8, 4) is 5.69 Å². The average molecular weight is 289 g/mol. The van der Waals surface area contributed by atoms with Crippen molar-refractivity contribution in [2.75, 3.05) is 7.11 Å². The van der Waals surface area contributed by atoms with Gasteiger partial charge >= 0.3 is 11.9 Å². The van der Waals surface area contributed by atoms with Crippen LogP contribution in [0.1, 0.15) is 27.4 Å². The molecule has 110 valence electrons. The first-order valence-electron chi connectivity index (χ1n) is 6.25. The van der Waals surface area contributed by atoms with Crippen LogP contribution in [0.3, 0.4) is 0 Å². The van der Waals surface area contributed by atoms with E-state index in [0.29, 0.717) is 16.9 Å². The summed E-state index contributed by atoms with van der Waals surface area (Å²) in [6, 6.07) is 3.24. The zero-order valence-electron chi connectivity index (χ0n) is 12.0. The monoisotopic (exact) mass is 289 g/mol. The van der Waals surface area contributed by atoms with E-state index in [4.69, 9.17) is 5.11 Å². The van der Waals surface area contributed by atoms with Crippen molar-refractivity contribution in [1.82, 2.24) is 14.8 Å². The van der Waals surface area contributed by atoms with Crippen LogP contribution in [-0.2, 0) is 16.0 Å². The van der Waals surface area contributed by atoms with Gasteiger partial charge in [-0.1, -0.05) is 0 Å². The summed E-state index contributed by atoms with van der Waals surface area (Å²) in [7, 11) is 1.28. The Morgan fingerprint density at radius 3 is 2.71 bits per heavy atom. The van der Waals surface area contributed by atoms with Gasteiger partial charge in [-0.25, -0.2) is 14.5 Å². The minimum absolute atomic E-state index is 0.0907. The van der Waals surface area contributed by atoms with E-state index < -0.39 is 11.9 Å². The number of hydrogen-bond donors (Lipinski definition) is 1. The molecule has 0 aliphatic carbocycles. The SMILES string of the molecule is COC(=O)c1cc(-n2nc(C)c(CC(=O)O)c2C)ccn1. The summed E-state index contributed by atoms with van der Waals surface area (Å²) in [6.07, 6.45) is 1.39. The highest BCUT2D eigenvalue weighted by molar-refractivity contribution is 5.87. The van der Waals surface area contributed by atoms with Crippen molar-refractivity contribution in [2.24, 2.45) is 0 Å². The lowest BCUT2D eigenvalue weighted by Crippen LogP contribution is -2.07. The van der Waals surface area contributed by atoms with Gasteiger partial charge in [-0.15, -0.1) is 0 Å². The van der Waals surface area contributed by atoms with Crippen molar-refractivity contribution in [2.45, 2.75) is 20.3 Å². The molecule has 0 atom stereocenters. The molecule has 0 saturated carbocycles. The highest BCUT2D eigenvalue weighted by Crippen LogP contribution is 2.19. The summed E-state index contributed by atoms with van der Waals surface area (Å²) in [5, 5.41) is 13.3. The zero-order valence-corrected chi connectivity index (χ0v) is 12.0. The fourth-order valence-corrected chi connectivity index (χ4v) is 2.10. The molecular weight excluding hydrogens is 274 g/mol. The molecule has 2 aromatic rings. The first-order valence-corrected chi connectivity index (χ1v) is 6.25. The molecule has 2 rings (SSSR count). The zero-order chi connectivity index (χ0) is 15.6. The van der Waals surface area contributed by atoms with Crippen LogP contribution >= 0.6 is 0 Å². The predicted octanol–water partition coefficient (Wildman–Crippen LogP) is 1.30. The molecule has 2 heterocycles. The van der Waals surface area contributed by atoms with E-state index in [2.05, 4.69) is 14.8 Å². The summed E-state index contributed by atoms with van der Waals surface area (Å²) in [5.41, 5.74) is 2.83. The number of esters is 1. The first kappa shape index (κ1) is 14.7. The van der Waals surface area contributed by atoms with E-state index in [1.54, 1.807) is 30.7 Å². The van der Waals surface area contributed by atoms with Gasteiger partial charge in [-0.2, -0.15) is 5.10 Å². The van der Waals surface area contributed by atoms with Crippen LogP contribution in [0.2, 0.25) is 0 Å². The van der Waals surface area contributed by atoms with E-state index >= 15 is 0 Å². The lowest BCUT2D eigenvalue weighted by atomic mass is 10.1. The Morgan fingerprint density at radius 1 is 1.38 bits per heavy atom. The maximum atomic E-state index is 11.5. The number of carboxylic acids is 1. The number of aliphatic carboxylic acids is 1. The molecule has 0 fully saturated rings. The third kappa shape index (κ3) is 2.91. The number of carbonyl (C=O) groups excluding carboxylic acids is 1. The van der Waals surface area contributed by atoms with Crippen LogP contribution in [0.25, 0.3) is 5.69 Å². The van der Waals surface area contributed by atoms with E-state index in [1.807, 2.05) is 0 Å². The molecule has 0 aliphatic heterocycles. The molecule has 0 unspecified atom stereocenters. The maximum absolute atomic E-state index is 11.5. The number of pyridine rings is 1. The molecule has 0 spiro atoms. The number of ether oxygens (including phenoxy) is 1. The fourth-order valence-electron chi connectivity index (χ4n) is 2.10. The second-order valence-electron chi connectivity index (χ2n) is 4.52. The molecule has 1 N–H and O–H groups in total. The highest BCUT2D eigenvalue weighted by atomic mass is 16.5. The summed E-state index contributed by atoms with van der Waals surface area (Å²) >= 11 is 0. The molecule has 0 radical (unpaired) electrons. The number of aryl methyl sites for hydroxylation is 1. The fraction of sp³-hybridized carbons (Fsp3) is 0.286. The van der Waals surface area contributed by atoms with Crippen LogP contribution in [0.4, 0.5) is 0 Å². The Kier molecular flexibility index (Phi) is 4.02. The van der Waals surface area contributed by atoms with Gasteiger partial charge in [-0.05, 0) is 26.0 Å². The highest BCUT2D eigenvalue weighted by Gasteiger charge is 2.16. The molecule has 2 aromatic heterocycles. The van der Waals surface area contributed by atoms with Gasteiger partial charge in [-0.3, -0.25) is 4.79 Å². The molecule has 21 heavy (non-hydrogen) atoms. The normalized spacial score (nSPS) is 10.4. The first-order chi connectivity index (χ1) is 9.93. The standard InChI is InChI=1S/C14H15N3O4/c1-8-11(7-13(18)19)9(2)17(16-8)10-4-5-15-12(6-10)14(20)21-3/h4-6H,7H2,1-3H3,(H,18,19). The smallest absolute Gasteiger partial charge is 0.356 e. The van der Waals surface area contributed by atoms with Crippen LogP contribution in [0, 0.1) is 13.8 Å². The Hall–Kier alpha value is -2.70. The van der Waals surface area contributed by atoms with Crippen LogP contribution < -0.4 is 0 Å². The van der Waals surface area contributed by atoms with E-state index in [0.717, 1.165) is 5.69 Å². The second-order valence-corrected chi connectivity index (χ2v) is 4.52. The van der Waals surface area contributed by atoms with Gasteiger partial charge in [0, 0.05) is 17.5 Å². The quantitative estimate of drug-likeness (QED) is 0.852. The molecule has 7 nitrogen and oxygen atoms in total. The summed E-state index contributed by atoms with van der Waals surface area (Å²) in [6.45, 7) is 3.54. The number of hydrogen-bond acceptors (Lipinski definition) is 5. The summed E-state index contributed by atoms with van der Waals surface area (Å²) < 4.78 is 6.23. The molecule has 0 aromatic carbocycles. The van der Waals surface area contributed by atoms with Gasteiger partial charge < -0.3 is 9.84 Å². The van der Waals surface area contributed by atoms with Crippen molar-refractivity contribution < 1.29 is 19.4 Å². The van der Waals surface area contributed by atoms with Crippen molar-refractivity contribution in [3.63, 3.8) is 0 Å². The number of aromatic nitrogens is 3. The van der Waals surface area contributed by atoms with Crippen LogP contribution in [0.15, 0.2) is 18.3 Å². The Bertz CT molecular complexity index is 706. The lowest BCUT2D eigenvalue weighted by molar-refractivity contribution is -0.136. The Morgan fingerprint density at radius 2 is 2.10 bits per heavy atom. The van der Waals surface area contributed by atoms with Crippen molar-refractivity contribution in [3.05, 3.63) is 41.0 Å². The summed E-state index contributed by atoms with van der Waals surface area (Å²) in [5.74, 6) is -1.45. The van der Waals surface area contributed by atoms with Crippen molar-refractivity contribution in [1.29, 1.82) is 0 Å². The molecular formula is C14H15N3O4. The third-order valence-corrected chi connectivity index (χ3v) is 3.15. The Balaban J connectivity index is 2.48. The Labute approximate surface area is 121 Å². The average Bonchev–Trinajstić information content (AvgIpc) is 2.74. The third-order valence-electron chi connectivity index (χ3n) is 3.15. The molecule has 0 amide bonds. The van der Waals surface area contributed by atoms with Crippen LogP contribution in [0.5, 0.6) is 0 Å². The number of carbonyl (C=O) groups is 2. The largest absolute Gasteiger partial charge is 0.481 e. The van der Waals surface area contributed by atoms with Gasteiger partial charge in [0.05, 0.1) is 24.9 Å². The van der Waals surface area contributed by atoms with E-state index in [1.165, 1.54) is 13.3 Å². The minimum atomic E-state index is -0.911. The molecule has 0 saturated heterocycles. The van der Waals surface area contributed by atoms with E-state index in [9.17, 15) is 9.59 Å². The molecule has 0 aliphatic rings. The van der Waals surface area contributed by atoms with Crippen molar-refractivity contribution >= 4 is 11.9 Å². The van der Waals surface area contributed by atoms with Gasteiger partial charge in [0.2, 0.25) is 0 Å². The lowest BCUT2D eigenvalue weighted by Gasteiger charge is -2.06.